The molecule has 1 aliphatic carbocycles. The minimum Gasteiger partial charge on any atom is -0.481 e. The molecule has 2 aliphatic rings. The molecule has 0 spiro atoms. The van der Waals surface area contributed by atoms with Gasteiger partial charge in [0.1, 0.15) is 5.41 Å². The van der Waals surface area contributed by atoms with Gasteiger partial charge in [0, 0.05) is 38.4 Å². The molecule has 7 nitrogen and oxygen atoms in total. The third kappa shape index (κ3) is 3.14. The molecule has 0 aromatic carbocycles. The fraction of sp³-hybridized carbons (Fsp3) is 0.647. The highest BCUT2D eigenvalue weighted by Crippen LogP contribution is 2.37. The molecule has 0 atom stereocenters. The maximum Gasteiger partial charge on any atom is 0.243 e. The van der Waals surface area contributed by atoms with Crippen LogP contribution in [0.4, 0.5) is 5.95 Å². The first-order chi connectivity index (χ1) is 11.7. The lowest BCUT2D eigenvalue weighted by atomic mass is 9.74. The molecule has 1 saturated heterocycles. The van der Waals surface area contributed by atoms with E-state index in [2.05, 4.69) is 16.0 Å². The SMILES string of the molecule is COc1ccnc(N2CCN(C(=O)C3(C#N)CCCCC3)CC2)n1. The van der Waals surface area contributed by atoms with Crippen molar-refractivity contribution in [3.8, 4) is 11.9 Å². The Morgan fingerprint density at radius 1 is 1.25 bits per heavy atom. The van der Waals surface area contributed by atoms with Gasteiger partial charge in [-0.2, -0.15) is 10.2 Å². The lowest BCUT2D eigenvalue weighted by molar-refractivity contribution is -0.140. The number of carbonyl (C=O) groups excluding carboxylic acids is 1. The number of carbonyl (C=O) groups is 1. The molecule has 7 heteroatoms. The number of rotatable bonds is 3. The van der Waals surface area contributed by atoms with Crippen LogP contribution in [-0.4, -0.2) is 54.1 Å². The maximum absolute atomic E-state index is 12.9. The monoisotopic (exact) mass is 329 g/mol. The minimum absolute atomic E-state index is 0.0101. The van der Waals surface area contributed by atoms with Crippen LogP contribution in [0.25, 0.3) is 0 Å². The number of piperazine rings is 1. The molecule has 1 aliphatic heterocycles. The molecular formula is C17H23N5O2. The first kappa shape index (κ1) is 16.5. The van der Waals surface area contributed by atoms with Gasteiger partial charge in [0.05, 0.1) is 13.2 Å². The Hall–Kier alpha value is -2.36. The highest BCUT2D eigenvalue weighted by atomic mass is 16.5. The summed E-state index contributed by atoms with van der Waals surface area (Å²) in [6.07, 6.45) is 6.12. The molecule has 0 radical (unpaired) electrons. The summed E-state index contributed by atoms with van der Waals surface area (Å²) in [4.78, 5) is 25.4. The number of hydrogen-bond acceptors (Lipinski definition) is 6. The fourth-order valence-corrected chi connectivity index (χ4v) is 3.54. The van der Waals surface area contributed by atoms with Gasteiger partial charge < -0.3 is 14.5 Å². The van der Waals surface area contributed by atoms with E-state index in [0.717, 1.165) is 19.3 Å². The van der Waals surface area contributed by atoms with Crippen LogP contribution in [0.5, 0.6) is 5.88 Å². The molecule has 0 N–H and O–H groups in total. The first-order valence-electron chi connectivity index (χ1n) is 8.51. The molecule has 0 bridgehead atoms. The van der Waals surface area contributed by atoms with E-state index in [1.54, 1.807) is 19.4 Å². The van der Waals surface area contributed by atoms with Crippen LogP contribution in [0.15, 0.2) is 12.3 Å². The summed E-state index contributed by atoms with van der Waals surface area (Å²) in [7, 11) is 1.58. The van der Waals surface area contributed by atoms with Crippen molar-refractivity contribution in [3.05, 3.63) is 12.3 Å². The van der Waals surface area contributed by atoms with Crippen molar-refractivity contribution in [2.75, 3.05) is 38.2 Å². The van der Waals surface area contributed by atoms with Crippen LogP contribution in [-0.2, 0) is 4.79 Å². The number of hydrogen-bond donors (Lipinski definition) is 0. The maximum atomic E-state index is 12.9. The fourth-order valence-electron chi connectivity index (χ4n) is 3.54. The predicted molar refractivity (Wildman–Crippen MR) is 88.5 cm³/mol. The van der Waals surface area contributed by atoms with Crippen LogP contribution in [0.3, 0.4) is 0 Å². The van der Waals surface area contributed by atoms with E-state index in [1.165, 1.54) is 0 Å². The zero-order chi connectivity index (χ0) is 17.0. The molecule has 1 aromatic rings. The second-order valence-corrected chi connectivity index (χ2v) is 6.43. The van der Waals surface area contributed by atoms with Gasteiger partial charge in [-0.3, -0.25) is 4.79 Å². The second kappa shape index (κ2) is 7.04. The lowest BCUT2D eigenvalue weighted by Crippen LogP contribution is -2.53. The van der Waals surface area contributed by atoms with Crippen LogP contribution >= 0.6 is 0 Å². The zero-order valence-electron chi connectivity index (χ0n) is 14.1. The Morgan fingerprint density at radius 2 is 1.96 bits per heavy atom. The summed E-state index contributed by atoms with van der Waals surface area (Å²) in [6.45, 7) is 2.53. The van der Waals surface area contributed by atoms with Crippen LogP contribution < -0.4 is 9.64 Å². The van der Waals surface area contributed by atoms with E-state index in [-0.39, 0.29) is 5.91 Å². The molecule has 1 aromatic heterocycles. The average molecular weight is 329 g/mol. The van der Waals surface area contributed by atoms with E-state index in [9.17, 15) is 10.1 Å². The van der Waals surface area contributed by atoms with Gasteiger partial charge in [-0.15, -0.1) is 0 Å². The molecule has 24 heavy (non-hydrogen) atoms. The molecular weight excluding hydrogens is 306 g/mol. The zero-order valence-corrected chi connectivity index (χ0v) is 14.1. The number of nitriles is 1. The number of ether oxygens (including phenoxy) is 1. The number of nitrogens with zero attached hydrogens (tertiary/aromatic N) is 5. The Bertz CT molecular complexity index is 628. The smallest absolute Gasteiger partial charge is 0.243 e. The highest BCUT2D eigenvalue weighted by Gasteiger charge is 2.43. The van der Waals surface area contributed by atoms with Gasteiger partial charge in [0.15, 0.2) is 0 Å². The highest BCUT2D eigenvalue weighted by molar-refractivity contribution is 5.85. The summed E-state index contributed by atoms with van der Waals surface area (Å²) in [6, 6.07) is 4.04. The van der Waals surface area contributed by atoms with Crippen molar-refractivity contribution in [2.45, 2.75) is 32.1 Å². The molecule has 0 unspecified atom stereocenters. The molecule has 128 valence electrons. The van der Waals surface area contributed by atoms with E-state index >= 15 is 0 Å². The summed E-state index contributed by atoms with van der Waals surface area (Å²) >= 11 is 0. The minimum atomic E-state index is -0.799. The number of anilines is 1. The van der Waals surface area contributed by atoms with Crippen LogP contribution in [0.1, 0.15) is 32.1 Å². The Kier molecular flexibility index (Phi) is 4.84. The first-order valence-corrected chi connectivity index (χ1v) is 8.51. The summed E-state index contributed by atoms with van der Waals surface area (Å²) < 4.78 is 5.13. The third-order valence-corrected chi connectivity index (χ3v) is 5.01. The molecule has 2 heterocycles. The van der Waals surface area contributed by atoms with Crippen LogP contribution in [0.2, 0.25) is 0 Å². The standard InChI is InChI=1S/C17H23N5O2/c1-24-14-5-8-19-16(20-14)22-11-9-21(10-12-22)15(23)17(13-18)6-3-2-4-7-17/h5,8H,2-4,6-7,9-12H2,1H3. The van der Waals surface area contributed by atoms with Crippen molar-refractivity contribution in [3.63, 3.8) is 0 Å². The van der Waals surface area contributed by atoms with Crippen molar-refractivity contribution in [1.29, 1.82) is 5.26 Å². The number of amides is 1. The van der Waals surface area contributed by atoms with Gasteiger partial charge in [0.25, 0.3) is 0 Å². The number of methoxy groups -OCH3 is 1. The Balaban J connectivity index is 1.64. The van der Waals surface area contributed by atoms with Gasteiger partial charge >= 0.3 is 0 Å². The quantitative estimate of drug-likeness (QED) is 0.838. The van der Waals surface area contributed by atoms with Crippen molar-refractivity contribution >= 4 is 11.9 Å². The Morgan fingerprint density at radius 3 is 2.58 bits per heavy atom. The van der Waals surface area contributed by atoms with Gasteiger partial charge in [0.2, 0.25) is 17.7 Å². The van der Waals surface area contributed by atoms with E-state index in [4.69, 9.17) is 4.74 Å². The van der Waals surface area contributed by atoms with Gasteiger partial charge in [-0.1, -0.05) is 19.3 Å². The van der Waals surface area contributed by atoms with Crippen molar-refractivity contribution < 1.29 is 9.53 Å². The summed E-state index contributed by atoms with van der Waals surface area (Å²) in [5.74, 6) is 1.16. The number of aromatic nitrogens is 2. The van der Waals surface area contributed by atoms with Crippen molar-refractivity contribution in [2.24, 2.45) is 5.41 Å². The largest absolute Gasteiger partial charge is 0.481 e. The van der Waals surface area contributed by atoms with Gasteiger partial charge in [-0.05, 0) is 12.8 Å². The molecule has 1 saturated carbocycles. The van der Waals surface area contributed by atoms with E-state index in [1.807, 2.05) is 9.80 Å². The lowest BCUT2D eigenvalue weighted by Gasteiger charge is -2.39. The molecule has 3 rings (SSSR count). The topological polar surface area (TPSA) is 82.4 Å². The molecule has 2 fully saturated rings. The molecule has 1 amide bonds. The predicted octanol–water partition coefficient (Wildman–Crippen LogP) is 1.61. The average Bonchev–Trinajstić information content (AvgIpc) is 2.68. The van der Waals surface area contributed by atoms with Crippen LogP contribution in [0, 0.1) is 16.7 Å². The van der Waals surface area contributed by atoms with Crippen molar-refractivity contribution in [1.82, 2.24) is 14.9 Å². The summed E-state index contributed by atoms with van der Waals surface area (Å²) in [5, 5.41) is 9.59. The third-order valence-electron chi connectivity index (χ3n) is 5.01. The second-order valence-electron chi connectivity index (χ2n) is 6.43. The van der Waals surface area contributed by atoms with Gasteiger partial charge in [-0.25, -0.2) is 4.98 Å². The Labute approximate surface area is 142 Å². The summed E-state index contributed by atoms with van der Waals surface area (Å²) in [5.41, 5.74) is -0.799. The van der Waals surface area contributed by atoms with E-state index in [0.29, 0.717) is 50.8 Å². The normalized spacial score (nSPS) is 20.3. The van der Waals surface area contributed by atoms with E-state index < -0.39 is 5.41 Å².